The Balaban J connectivity index is 1.18. The third-order valence-electron chi connectivity index (χ3n) is 7.27. The minimum Gasteiger partial charge on any atom is -0.487 e. The van der Waals surface area contributed by atoms with Crippen molar-refractivity contribution in [2.75, 3.05) is 26.2 Å². The van der Waals surface area contributed by atoms with Crippen molar-refractivity contribution in [1.29, 1.82) is 0 Å². The molecule has 0 N–H and O–H groups in total. The van der Waals surface area contributed by atoms with Crippen molar-refractivity contribution >= 4 is 0 Å². The number of hydrogen-bond acceptors (Lipinski definition) is 4. The fraction of sp³-hybridized carbons (Fsp3) is 0.379. The minimum atomic E-state index is -0.385. The van der Waals surface area contributed by atoms with E-state index in [0.717, 1.165) is 54.9 Å². The van der Waals surface area contributed by atoms with Gasteiger partial charge < -0.3 is 19.1 Å². The van der Waals surface area contributed by atoms with Gasteiger partial charge in [0, 0.05) is 25.2 Å². The molecule has 4 nitrogen and oxygen atoms in total. The van der Waals surface area contributed by atoms with Crippen LogP contribution in [0.4, 0.5) is 8.78 Å². The molecule has 0 amide bonds. The first-order valence-corrected chi connectivity index (χ1v) is 12.3. The van der Waals surface area contributed by atoms with E-state index in [1.54, 1.807) is 24.3 Å². The van der Waals surface area contributed by atoms with Crippen LogP contribution in [0.1, 0.15) is 42.6 Å². The van der Waals surface area contributed by atoms with Crippen LogP contribution in [-0.2, 0) is 16.1 Å². The van der Waals surface area contributed by atoms with E-state index in [2.05, 4.69) is 17.9 Å². The molecule has 1 fully saturated rings. The second-order valence-corrected chi connectivity index (χ2v) is 9.42. The van der Waals surface area contributed by atoms with Crippen molar-refractivity contribution in [1.82, 2.24) is 4.90 Å². The van der Waals surface area contributed by atoms with Crippen molar-refractivity contribution in [2.45, 2.75) is 44.2 Å². The Morgan fingerprint density at radius 2 is 1.51 bits per heavy atom. The normalized spacial score (nSPS) is 19.8. The molecular weight excluding hydrogens is 448 g/mol. The summed E-state index contributed by atoms with van der Waals surface area (Å²) in [5.74, 6) is 0.326. The lowest BCUT2D eigenvalue weighted by atomic mass is 9.86. The Bertz CT molecular complexity index is 1070. The largest absolute Gasteiger partial charge is 0.487 e. The molecule has 1 unspecified atom stereocenters. The van der Waals surface area contributed by atoms with Crippen LogP contribution in [0.5, 0.6) is 5.75 Å². The molecule has 1 saturated heterocycles. The first-order chi connectivity index (χ1) is 17.0. The van der Waals surface area contributed by atoms with Crippen LogP contribution in [0.2, 0.25) is 0 Å². The number of fused-ring (bicyclic) bond motifs is 1. The number of likely N-dealkylation sites (tertiary alicyclic amines) is 1. The molecule has 0 aliphatic carbocycles. The molecule has 6 heteroatoms. The van der Waals surface area contributed by atoms with Gasteiger partial charge in [0.2, 0.25) is 0 Å². The molecule has 35 heavy (non-hydrogen) atoms. The van der Waals surface area contributed by atoms with Crippen LogP contribution in [-0.4, -0.2) is 42.8 Å². The van der Waals surface area contributed by atoms with Gasteiger partial charge in [-0.1, -0.05) is 42.5 Å². The summed E-state index contributed by atoms with van der Waals surface area (Å²) in [5, 5.41) is 0. The average Bonchev–Trinajstić information content (AvgIpc) is 3.01. The van der Waals surface area contributed by atoms with Crippen LogP contribution < -0.4 is 4.74 Å². The van der Waals surface area contributed by atoms with Gasteiger partial charge in [-0.15, -0.1) is 0 Å². The lowest BCUT2D eigenvalue weighted by Gasteiger charge is -2.43. The van der Waals surface area contributed by atoms with Gasteiger partial charge in [-0.3, -0.25) is 0 Å². The van der Waals surface area contributed by atoms with Crippen molar-refractivity contribution in [3.8, 4) is 5.75 Å². The molecule has 184 valence electrons. The zero-order valence-corrected chi connectivity index (χ0v) is 20.0. The summed E-state index contributed by atoms with van der Waals surface area (Å²) in [5.41, 5.74) is 2.49. The Kier molecular flexibility index (Phi) is 7.14. The Morgan fingerprint density at radius 3 is 2.14 bits per heavy atom. The topological polar surface area (TPSA) is 30.9 Å². The second-order valence-electron chi connectivity index (χ2n) is 9.42. The van der Waals surface area contributed by atoms with Gasteiger partial charge in [0.15, 0.2) is 0 Å². The highest BCUT2D eigenvalue weighted by atomic mass is 19.1. The molecule has 0 bridgehead atoms. The van der Waals surface area contributed by atoms with E-state index in [9.17, 15) is 8.78 Å². The van der Waals surface area contributed by atoms with Crippen molar-refractivity contribution in [3.63, 3.8) is 0 Å². The maximum atomic E-state index is 13.5. The maximum absolute atomic E-state index is 13.5. The van der Waals surface area contributed by atoms with E-state index < -0.39 is 0 Å². The fourth-order valence-corrected chi connectivity index (χ4v) is 5.04. The molecule has 3 aromatic rings. The van der Waals surface area contributed by atoms with Crippen molar-refractivity contribution < 1.29 is 23.0 Å². The highest BCUT2D eigenvalue weighted by molar-refractivity contribution is 5.34. The molecule has 3 aromatic carbocycles. The molecule has 1 spiro atoms. The van der Waals surface area contributed by atoms with Gasteiger partial charge >= 0.3 is 0 Å². The minimum absolute atomic E-state index is 0.0223. The van der Waals surface area contributed by atoms with E-state index in [1.807, 2.05) is 18.2 Å². The van der Waals surface area contributed by atoms with Gasteiger partial charge in [-0.25, -0.2) is 8.78 Å². The molecule has 0 aromatic heterocycles. The van der Waals surface area contributed by atoms with E-state index in [-0.39, 0.29) is 29.4 Å². The molecule has 2 aliphatic heterocycles. The number of halogens is 2. The first kappa shape index (κ1) is 23.9. The summed E-state index contributed by atoms with van der Waals surface area (Å²) < 4.78 is 45.9. The standard InChI is InChI=1S/C29H31F2NO3/c1-21-29(34-20-24-4-2-3-5-27(24)35-21)14-16-32(17-15-29)18-19-33-28(22-6-10-25(30)11-7-22)23-8-12-26(31)13-9-23/h2-13,21,28H,14-20H2,1H3. The van der Waals surface area contributed by atoms with E-state index in [0.29, 0.717) is 13.2 Å². The molecule has 5 rings (SSSR count). The molecule has 0 radical (unpaired) electrons. The van der Waals surface area contributed by atoms with Crippen LogP contribution in [0.15, 0.2) is 72.8 Å². The van der Waals surface area contributed by atoms with Crippen LogP contribution in [0, 0.1) is 11.6 Å². The van der Waals surface area contributed by atoms with Gasteiger partial charge in [0.25, 0.3) is 0 Å². The highest BCUT2D eigenvalue weighted by Gasteiger charge is 2.43. The molecular formula is C29H31F2NO3. The number of hydrogen-bond donors (Lipinski definition) is 0. The zero-order valence-electron chi connectivity index (χ0n) is 20.0. The summed E-state index contributed by atoms with van der Waals surface area (Å²) in [6.07, 6.45) is 1.37. The predicted molar refractivity (Wildman–Crippen MR) is 130 cm³/mol. The van der Waals surface area contributed by atoms with Crippen LogP contribution in [0.3, 0.4) is 0 Å². The Morgan fingerprint density at radius 1 is 0.914 bits per heavy atom. The number of nitrogens with zero attached hydrogens (tertiary/aromatic N) is 1. The SMILES string of the molecule is CC1Oc2ccccc2COC12CCN(CCOC(c1ccc(F)cc1)c1ccc(F)cc1)CC2. The summed E-state index contributed by atoms with van der Waals surface area (Å²) >= 11 is 0. The predicted octanol–water partition coefficient (Wildman–Crippen LogP) is 5.90. The summed E-state index contributed by atoms with van der Waals surface area (Å²) in [6, 6.07) is 20.7. The number of para-hydroxylation sites is 1. The molecule has 1 atom stereocenters. The van der Waals surface area contributed by atoms with E-state index >= 15 is 0 Å². The summed E-state index contributed by atoms with van der Waals surface area (Å²) in [7, 11) is 0. The number of rotatable bonds is 6. The number of ether oxygens (including phenoxy) is 3. The van der Waals surface area contributed by atoms with Crippen LogP contribution >= 0.6 is 0 Å². The molecule has 2 heterocycles. The third-order valence-corrected chi connectivity index (χ3v) is 7.27. The molecule has 0 saturated carbocycles. The van der Waals surface area contributed by atoms with Crippen LogP contribution in [0.25, 0.3) is 0 Å². The fourth-order valence-electron chi connectivity index (χ4n) is 5.04. The maximum Gasteiger partial charge on any atom is 0.125 e. The van der Waals surface area contributed by atoms with Gasteiger partial charge in [-0.05, 0) is 61.2 Å². The lowest BCUT2D eigenvalue weighted by Crippen LogP contribution is -2.53. The highest BCUT2D eigenvalue weighted by Crippen LogP contribution is 2.37. The van der Waals surface area contributed by atoms with Crippen molar-refractivity contribution in [2.24, 2.45) is 0 Å². The average molecular weight is 480 g/mol. The first-order valence-electron chi connectivity index (χ1n) is 12.3. The third kappa shape index (κ3) is 5.40. The monoisotopic (exact) mass is 479 g/mol. The van der Waals surface area contributed by atoms with Gasteiger partial charge in [0.1, 0.15) is 35.2 Å². The smallest absolute Gasteiger partial charge is 0.125 e. The Labute approximate surface area is 205 Å². The summed E-state index contributed by atoms with van der Waals surface area (Å²) in [4.78, 5) is 2.38. The Hall–Kier alpha value is -2.80. The summed E-state index contributed by atoms with van der Waals surface area (Å²) in [6.45, 7) is 5.74. The molecule has 2 aliphatic rings. The number of benzene rings is 3. The second kappa shape index (κ2) is 10.4. The van der Waals surface area contributed by atoms with Crippen molar-refractivity contribution in [3.05, 3.63) is 101 Å². The quantitative estimate of drug-likeness (QED) is 0.440. The van der Waals surface area contributed by atoms with E-state index in [4.69, 9.17) is 14.2 Å². The van der Waals surface area contributed by atoms with Gasteiger partial charge in [-0.2, -0.15) is 0 Å². The van der Waals surface area contributed by atoms with E-state index in [1.165, 1.54) is 24.3 Å². The van der Waals surface area contributed by atoms with Gasteiger partial charge in [0.05, 0.1) is 13.2 Å². The lowest BCUT2D eigenvalue weighted by molar-refractivity contribution is -0.137. The zero-order chi connectivity index (χ0) is 24.3. The number of piperidine rings is 1.